The molecule has 116 valence electrons. The van der Waals surface area contributed by atoms with E-state index in [9.17, 15) is 4.79 Å². The first kappa shape index (κ1) is 16.0. The summed E-state index contributed by atoms with van der Waals surface area (Å²) in [7, 11) is 1.82. The summed E-state index contributed by atoms with van der Waals surface area (Å²) in [4.78, 5) is 14.3. The monoisotopic (exact) mass is 290 g/mol. The van der Waals surface area contributed by atoms with E-state index in [2.05, 4.69) is 38.1 Å². The zero-order valence-electron chi connectivity index (χ0n) is 13.3. The van der Waals surface area contributed by atoms with Crippen molar-refractivity contribution in [3.05, 3.63) is 35.4 Å². The Morgan fingerprint density at radius 3 is 2.38 bits per heavy atom. The van der Waals surface area contributed by atoms with Crippen molar-refractivity contribution in [3.63, 3.8) is 0 Å². The maximum atomic E-state index is 12.5. The van der Waals surface area contributed by atoms with Crippen molar-refractivity contribution >= 4 is 5.91 Å². The van der Waals surface area contributed by atoms with Crippen LogP contribution in [0.25, 0.3) is 0 Å². The van der Waals surface area contributed by atoms with Gasteiger partial charge in [-0.2, -0.15) is 0 Å². The van der Waals surface area contributed by atoms with Crippen LogP contribution in [0.3, 0.4) is 0 Å². The lowest BCUT2D eigenvalue weighted by atomic mass is 9.89. The second kappa shape index (κ2) is 6.58. The maximum absolute atomic E-state index is 12.5. The Kier molecular flexibility index (Phi) is 5.01. The molecule has 2 rings (SSSR count). The van der Waals surface area contributed by atoms with E-state index in [-0.39, 0.29) is 5.91 Å². The summed E-state index contributed by atoms with van der Waals surface area (Å²) in [6, 6.07) is 8.44. The topological polar surface area (TPSA) is 55.6 Å². The summed E-state index contributed by atoms with van der Waals surface area (Å²) in [5, 5.41) is 0. The van der Waals surface area contributed by atoms with Gasteiger partial charge in [0, 0.05) is 26.8 Å². The Bertz CT molecular complexity index is 476. The van der Waals surface area contributed by atoms with Crippen LogP contribution < -0.4 is 5.73 Å². The van der Waals surface area contributed by atoms with Crippen LogP contribution in [-0.2, 0) is 16.1 Å². The van der Waals surface area contributed by atoms with Crippen LogP contribution in [0.15, 0.2) is 24.3 Å². The van der Waals surface area contributed by atoms with E-state index in [0.29, 0.717) is 38.5 Å². The summed E-state index contributed by atoms with van der Waals surface area (Å²) in [6.45, 7) is 6.08. The Morgan fingerprint density at radius 1 is 1.29 bits per heavy atom. The van der Waals surface area contributed by atoms with Gasteiger partial charge in [-0.25, -0.2) is 0 Å². The van der Waals surface area contributed by atoms with Crippen molar-refractivity contribution in [3.8, 4) is 0 Å². The molecule has 0 unspecified atom stereocenters. The third-order valence-electron chi connectivity index (χ3n) is 4.22. The third kappa shape index (κ3) is 3.83. The van der Waals surface area contributed by atoms with Gasteiger partial charge in [-0.05, 0) is 29.9 Å². The summed E-state index contributed by atoms with van der Waals surface area (Å²) < 4.78 is 5.30. The van der Waals surface area contributed by atoms with Crippen molar-refractivity contribution in [1.29, 1.82) is 0 Å². The normalized spacial score (nSPS) is 17.8. The minimum atomic E-state index is -0.759. The standard InChI is InChI=1S/C17H26N2O2/c1-13(2)15-6-4-14(5-7-15)12-19(3)16(20)17(18)8-10-21-11-9-17/h4-7,13H,8-12,18H2,1-3H3. The first-order valence-corrected chi connectivity index (χ1v) is 7.63. The molecule has 1 amide bonds. The highest BCUT2D eigenvalue weighted by molar-refractivity contribution is 5.86. The summed E-state index contributed by atoms with van der Waals surface area (Å²) in [5.74, 6) is 0.534. The fourth-order valence-electron chi connectivity index (χ4n) is 2.68. The molecule has 1 heterocycles. The van der Waals surface area contributed by atoms with E-state index in [1.807, 2.05) is 7.05 Å². The summed E-state index contributed by atoms with van der Waals surface area (Å²) in [6.07, 6.45) is 1.20. The average Bonchev–Trinajstić information content (AvgIpc) is 2.47. The Hall–Kier alpha value is -1.39. The Labute approximate surface area is 127 Å². The smallest absolute Gasteiger partial charge is 0.242 e. The highest BCUT2D eigenvalue weighted by atomic mass is 16.5. The maximum Gasteiger partial charge on any atom is 0.242 e. The molecule has 0 saturated carbocycles. The molecule has 2 N–H and O–H groups in total. The Morgan fingerprint density at radius 2 is 1.86 bits per heavy atom. The number of rotatable bonds is 4. The number of hydrogen-bond acceptors (Lipinski definition) is 3. The lowest BCUT2D eigenvalue weighted by Crippen LogP contribution is -2.57. The lowest BCUT2D eigenvalue weighted by molar-refractivity contribution is -0.139. The van der Waals surface area contributed by atoms with E-state index >= 15 is 0 Å². The van der Waals surface area contributed by atoms with Crippen molar-refractivity contribution in [1.82, 2.24) is 4.90 Å². The van der Waals surface area contributed by atoms with Crippen molar-refractivity contribution in [2.75, 3.05) is 20.3 Å². The third-order valence-corrected chi connectivity index (χ3v) is 4.22. The van der Waals surface area contributed by atoms with Gasteiger partial charge in [-0.15, -0.1) is 0 Å². The number of carbonyl (C=O) groups is 1. The molecule has 0 spiro atoms. The van der Waals surface area contributed by atoms with Crippen molar-refractivity contribution in [2.45, 2.75) is 44.7 Å². The number of carbonyl (C=O) groups excluding carboxylic acids is 1. The van der Waals surface area contributed by atoms with Crippen molar-refractivity contribution < 1.29 is 9.53 Å². The van der Waals surface area contributed by atoms with Gasteiger partial charge < -0.3 is 15.4 Å². The molecule has 4 nitrogen and oxygen atoms in total. The molecule has 1 aromatic carbocycles. The molecule has 1 aliphatic rings. The van der Waals surface area contributed by atoms with Gasteiger partial charge in [0.15, 0.2) is 0 Å². The van der Waals surface area contributed by atoms with Gasteiger partial charge >= 0.3 is 0 Å². The van der Waals surface area contributed by atoms with E-state index in [4.69, 9.17) is 10.5 Å². The minimum Gasteiger partial charge on any atom is -0.381 e. The molecule has 4 heteroatoms. The SMILES string of the molecule is CC(C)c1ccc(CN(C)C(=O)C2(N)CCOCC2)cc1. The van der Waals surface area contributed by atoms with Crippen molar-refractivity contribution in [2.24, 2.45) is 5.73 Å². The number of nitrogens with zero attached hydrogens (tertiary/aromatic N) is 1. The van der Waals surface area contributed by atoms with Crippen LogP contribution in [0.5, 0.6) is 0 Å². The number of likely N-dealkylation sites (N-methyl/N-ethyl adjacent to an activating group) is 1. The highest BCUT2D eigenvalue weighted by Crippen LogP contribution is 2.21. The molecule has 0 radical (unpaired) electrons. The molecule has 1 saturated heterocycles. The fourth-order valence-corrected chi connectivity index (χ4v) is 2.68. The molecule has 21 heavy (non-hydrogen) atoms. The number of nitrogens with two attached hydrogens (primary N) is 1. The highest BCUT2D eigenvalue weighted by Gasteiger charge is 2.37. The zero-order valence-corrected chi connectivity index (χ0v) is 13.3. The molecular formula is C17H26N2O2. The molecule has 0 atom stereocenters. The molecular weight excluding hydrogens is 264 g/mol. The van der Waals surface area contributed by atoms with Crippen LogP contribution >= 0.6 is 0 Å². The molecule has 0 aromatic heterocycles. The second-order valence-corrected chi connectivity index (χ2v) is 6.33. The van der Waals surface area contributed by atoms with Gasteiger partial charge in [0.1, 0.15) is 0 Å². The predicted octanol–water partition coefficient (Wildman–Crippen LogP) is 2.28. The molecule has 1 aromatic rings. The largest absolute Gasteiger partial charge is 0.381 e. The van der Waals surface area contributed by atoms with E-state index in [1.165, 1.54) is 5.56 Å². The second-order valence-electron chi connectivity index (χ2n) is 6.33. The first-order valence-electron chi connectivity index (χ1n) is 7.63. The number of amides is 1. The lowest BCUT2D eigenvalue weighted by Gasteiger charge is -2.35. The van der Waals surface area contributed by atoms with Crippen LogP contribution in [0.1, 0.15) is 43.7 Å². The number of hydrogen-bond donors (Lipinski definition) is 1. The van der Waals surface area contributed by atoms with Crippen LogP contribution in [0, 0.1) is 0 Å². The summed E-state index contributed by atoms with van der Waals surface area (Å²) in [5.41, 5.74) is 7.93. The van der Waals surface area contributed by atoms with Crippen LogP contribution in [0.2, 0.25) is 0 Å². The van der Waals surface area contributed by atoms with Gasteiger partial charge in [0.25, 0.3) is 0 Å². The molecule has 1 aliphatic heterocycles. The van der Waals surface area contributed by atoms with E-state index in [1.54, 1.807) is 4.90 Å². The first-order chi connectivity index (χ1) is 9.92. The molecule has 0 aliphatic carbocycles. The van der Waals surface area contributed by atoms with Gasteiger partial charge in [0.2, 0.25) is 5.91 Å². The van der Waals surface area contributed by atoms with E-state index < -0.39 is 5.54 Å². The van der Waals surface area contributed by atoms with Crippen LogP contribution in [-0.4, -0.2) is 36.6 Å². The molecule has 1 fully saturated rings. The van der Waals surface area contributed by atoms with Gasteiger partial charge in [-0.3, -0.25) is 4.79 Å². The quantitative estimate of drug-likeness (QED) is 0.925. The predicted molar refractivity (Wildman–Crippen MR) is 84.0 cm³/mol. The van der Waals surface area contributed by atoms with Crippen LogP contribution in [0.4, 0.5) is 0 Å². The minimum absolute atomic E-state index is 0.0127. The average molecular weight is 290 g/mol. The summed E-state index contributed by atoms with van der Waals surface area (Å²) >= 11 is 0. The zero-order chi connectivity index (χ0) is 15.5. The van der Waals surface area contributed by atoms with Gasteiger partial charge in [0.05, 0.1) is 5.54 Å². The number of benzene rings is 1. The van der Waals surface area contributed by atoms with Gasteiger partial charge in [-0.1, -0.05) is 38.1 Å². The fraction of sp³-hybridized carbons (Fsp3) is 0.588. The van der Waals surface area contributed by atoms with E-state index in [0.717, 1.165) is 5.56 Å². The molecule has 0 bridgehead atoms. The Balaban J connectivity index is 2.00. The number of ether oxygens (including phenoxy) is 1.